The summed E-state index contributed by atoms with van der Waals surface area (Å²) in [6.45, 7) is 3.44. The lowest BCUT2D eigenvalue weighted by Crippen LogP contribution is -2.43. The quantitative estimate of drug-likeness (QED) is 0.722. The van der Waals surface area contributed by atoms with Gasteiger partial charge in [-0.25, -0.2) is 4.79 Å². The van der Waals surface area contributed by atoms with Crippen LogP contribution in [0, 0.1) is 0 Å². The van der Waals surface area contributed by atoms with E-state index in [1.807, 2.05) is 4.98 Å². The van der Waals surface area contributed by atoms with Crippen molar-refractivity contribution in [2.75, 3.05) is 6.16 Å². The SMILES string of the molecule is CC(C)O[PH](=S)O[C@@H]1[C@@H](CP)O[C@@H](n2ccc(=O)[nH]c2=O)C1(F)F. The molecule has 0 aliphatic carbocycles. The molecule has 0 radical (unpaired) electrons. The second-order valence-electron chi connectivity index (χ2n) is 5.41. The number of ether oxygens (including phenoxy) is 1. The van der Waals surface area contributed by atoms with Gasteiger partial charge in [0.15, 0.2) is 13.3 Å². The first-order chi connectivity index (χ1) is 11.2. The Hall–Kier alpha value is -0.500. The van der Waals surface area contributed by atoms with Gasteiger partial charge in [-0.15, -0.1) is 9.24 Å². The molecule has 0 aromatic carbocycles. The molecule has 24 heavy (non-hydrogen) atoms. The van der Waals surface area contributed by atoms with Crippen molar-refractivity contribution in [1.29, 1.82) is 0 Å². The molecule has 0 bridgehead atoms. The van der Waals surface area contributed by atoms with Gasteiger partial charge in [-0.1, -0.05) is 0 Å². The minimum Gasteiger partial charge on any atom is -0.345 e. The summed E-state index contributed by atoms with van der Waals surface area (Å²) in [5.41, 5.74) is -1.67. The Morgan fingerprint density at radius 3 is 2.75 bits per heavy atom. The molecule has 1 aromatic rings. The van der Waals surface area contributed by atoms with Gasteiger partial charge in [0, 0.05) is 12.3 Å². The minimum absolute atomic E-state index is 0.154. The Morgan fingerprint density at radius 1 is 1.54 bits per heavy atom. The van der Waals surface area contributed by atoms with Crippen LogP contribution in [0.1, 0.15) is 20.1 Å². The molecule has 1 saturated heterocycles. The lowest BCUT2D eigenvalue weighted by atomic mass is 10.1. The van der Waals surface area contributed by atoms with E-state index in [1.165, 1.54) is 0 Å². The molecule has 7 nitrogen and oxygen atoms in total. The molecule has 0 spiro atoms. The largest absolute Gasteiger partial charge is 0.345 e. The standard InChI is InChI=1S/C12H18F2N2O5P2S/c1-6(2)20-23(24)21-9-7(5-22)19-10(12(9,13)14)16-4-3-8(17)15-11(16)18/h3-4,6-7,9-10,23H,5,22H2,1-2H3,(H,15,17,18)/t7-,9-,10-/m1/s1. The van der Waals surface area contributed by atoms with Gasteiger partial charge in [0.1, 0.15) is 0 Å². The summed E-state index contributed by atoms with van der Waals surface area (Å²) in [6, 6.07) is 0.967. The summed E-state index contributed by atoms with van der Waals surface area (Å²) in [6.07, 6.45) is -3.68. The van der Waals surface area contributed by atoms with Gasteiger partial charge in [-0.3, -0.25) is 14.3 Å². The summed E-state index contributed by atoms with van der Waals surface area (Å²) in [5.74, 6) is -3.53. The van der Waals surface area contributed by atoms with Crippen molar-refractivity contribution in [2.45, 2.75) is 44.3 Å². The average Bonchev–Trinajstić information content (AvgIpc) is 2.70. The van der Waals surface area contributed by atoms with Gasteiger partial charge < -0.3 is 13.8 Å². The summed E-state index contributed by atoms with van der Waals surface area (Å²) in [5, 5.41) is 0. The first kappa shape index (κ1) is 19.8. The minimum atomic E-state index is -3.53. The zero-order valence-corrected chi connectivity index (χ0v) is 15.9. The Morgan fingerprint density at radius 2 is 2.21 bits per heavy atom. The summed E-state index contributed by atoms with van der Waals surface area (Å²) in [4.78, 5) is 24.8. The van der Waals surface area contributed by atoms with Crippen LogP contribution in [0.3, 0.4) is 0 Å². The van der Waals surface area contributed by atoms with E-state index in [-0.39, 0.29) is 12.3 Å². The van der Waals surface area contributed by atoms with E-state index in [0.29, 0.717) is 4.57 Å². The van der Waals surface area contributed by atoms with E-state index in [4.69, 9.17) is 25.6 Å². The number of hydrogen-bond acceptors (Lipinski definition) is 6. The normalized spacial score (nSPS) is 27.5. The van der Waals surface area contributed by atoms with Crippen molar-refractivity contribution in [2.24, 2.45) is 0 Å². The highest BCUT2D eigenvalue weighted by Crippen LogP contribution is 2.47. The van der Waals surface area contributed by atoms with Crippen LogP contribution in [0.15, 0.2) is 21.9 Å². The molecule has 1 aliphatic rings. The smallest absolute Gasteiger partial charge is 0.330 e. The summed E-state index contributed by atoms with van der Waals surface area (Å²) < 4.78 is 46.0. The summed E-state index contributed by atoms with van der Waals surface area (Å²) in [7, 11) is -0.0400. The number of H-pyrrole nitrogens is 1. The van der Waals surface area contributed by atoms with Crippen LogP contribution in [0.4, 0.5) is 8.78 Å². The Kier molecular flexibility index (Phi) is 6.45. The van der Waals surface area contributed by atoms with Crippen LogP contribution < -0.4 is 11.2 Å². The first-order valence-corrected chi connectivity index (χ1v) is 10.4. The molecule has 5 atom stereocenters. The van der Waals surface area contributed by atoms with Crippen LogP contribution in [0.25, 0.3) is 0 Å². The number of nitrogens with one attached hydrogen (secondary N) is 1. The average molecular weight is 402 g/mol. The predicted octanol–water partition coefficient (Wildman–Crippen LogP) is 1.26. The van der Waals surface area contributed by atoms with Crippen molar-refractivity contribution < 1.29 is 22.6 Å². The van der Waals surface area contributed by atoms with Crippen molar-refractivity contribution in [1.82, 2.24) is 9.55 Å². The first-order valence-electron chi connectivity index (χ1n) is 7.09. The lowest BCUT2D eigenvalue weighted by molar-refractivity contribution is -0.135. The zero-order valence-electron chi connectivity index (χ0n) is 12.9. The van der Waals surface area contributed by atoms with Crippen molar-refractivity contribution in [3.8, 4) is 0 Å². The van der Waals surface area contributed by atoms with Gasteiger partial charge in [0.25, 0.3) is 5.56 Å². The molecule has 2 unspecified atom stereocenters. The number of rotatable bonds is 6. The van der Waals surface area contributed by atoms with Gasteiger partial charge in [0.2, 0.25) is 6.23 Å². The highest BCUT2D eigenvalue weighted by Gasteiger charge is 2.61. The fourth-order valence-electron chi connectivity index (χ4n) is 2.24. The molecule has 1 N–H and O–H groups in total. The van der Waals surface area contributed by atoms with Crippen LogP contribution in [-0.4, -0.2) is 39.9 Å². The van der Waals surface area contributed by atoms with Gasteiger partial charge >= 0.3 is 11.6 Å². The molecular weight excluding hydrogens is 384 g/mol. The van der Waals surface area contributed by atoms with E-state index >= 15 is 0 Å². The molecule has 1 fully saturated rings. The molecule has 2 heterocycles. The van der Waals surface area contributed by atoms with E-state index in [9.17, 15) is 18.4 Å². The Balaban J connectivity index is 2.31. The predicted molar refractivity (Wildman–Crippen MR) is 91.5 cm³/mol. The van der Waals surface area contributed by atoms with Crippen LogP contribution in [0.2, 0.25) is 0 Å². The maximum atomic E-state index is 14.8. The monoisotopic (exact) mass is 402 g/mol. The van der Waals surface area contributed by atoms with E-state index in [0.717, 1.165) is 12.3 Å². The lowest BCUT2D eigenvalue weighted by Gasteiger charge is -2.25. The van der Waals surface area contributed by atoms with E-state index < -0.39 is 42.8 Å². The number of halogens is 2. The number of aromatic nitrogens is 2. The Bertz CT molecular complexity index is 726. The third-order valence-electron chi connectivity index (χ3n) is 3.24. The number of nitrogens with zero attached hydrogens (tertiary/aromatic N) is 1. The topological polar surface area (TPSA) is 82.6 Å². The zero-order chi connectivity index (χ0) is 18.1. The molecule has 136 valence electrons. The highest BCUT2D eigenvalue weighted by atomic mass is 32.4. The molecule has 1 aliphatic heterocycles. The third-order valence-corrected chi connectivity index (χ3v) is 5.39. The summed E-state index contributed by atoms with van der Waals surface area (Å²) >= 11 is 5.00. The maximum absolute atomic E-state index is 14.8. The highest BCUT2D eigenvalue weighted by molar-refractivity contribution is 8.00. The van der Waals surface area contributed by atoms with Crippen molar-refractivity contribution in [3.63, 3.8) is 0 Å². The molecule has 0 amide bonds. The van der Waals surface area contributed by atoms with E-state index in [1.54, 1.807) is 13.8 Å². The third kappa shape index (κ3) is 4.18. The number of aromatic amines is 1. The second kappa shape index (κ2) is 7.81. The molecule has 1 aromatic heterocycles. The van der Waals surface area contributed by atoms with Gasteiger partial charge in [-0.2, -0.15) is 8.78 Å². The maximum Gasteiger partial charge on any atom is 0.330 e. The fraction of sp³-hybridized carbons (Fsp3) is 0.667. The van der Waals surface area contributed by atoms with Crippen molar-refractivity contribution in [3.05, 3.63) is 33.1 Å². The fourth-order valence-corrected chi connectivity index (χ4v) is 4.44. The second-order valence-corrected chi connectivity index (χ2v) is 7.85. The molecule has 0 saturated carbocycles. The molecule has 12 heteroatoms. The van der Waals surface area contributed by atoms with Gasteiger partial charge in [0.05, 0.1) is 12.2 Å². The van der Waals surface area contributed by atoms with Crippen molar-refractivity contribution >= 4 is 28.2 Å². The number of alkyl halides is 2. The molecular formula is C12H18F2N2O5P2S. The van der Waals surface area contributed by atoms with Crippen LogP contribution >= 0.6 is 16.4 Å². The van der Waals surface area contributed by atoms with E-state index in [2.05, 4.69) is 9.24 Å². The van der Waals surface area contributed by atoms with Crippen LogP contribution in [-0.2, 0) is 25.6 Å². The van der Waals surface area contributed by atoms with Crippen LogP contribution in [0.5, 0.6) is 0 Å². The molecule has 2 rings (SSSR count). The Labute approximate surface area is 144 Å². The number of hydrogen-bond donors (Lipinski definition) is 1. The van der Waals surface area contributed by atoms with Gasteiger partial charge in [-0.05, 0) is 31.8 Å².